The summed E-state index contributed by atoms with van der Waals surface area (Å²) in [5, 5.41) is 0. The van der Waals surface area contributed by atoms with Crippen LogP contribution in [-0.2, 0) is 0 Å². The predicted octanol–water partition coefficient (Wildman–Crippen LogP) is 4.52. The molecule has 1 heterocycles. The molecule has 1 aliphatic heterocycles. The second kappa shape index (κ2) is 4.46. The fraction of sp³-hybridized carbons (Fsp3) is 0.0625. The molecule has 0 fully saturated rings. The maximum absolute atomic E-state index is 11.4. The summed E-state index contributed by atoms with van der Waals surface area (Å²) < 4.78 is 0. The number of carbonyl (C=O) groups is 1. The number of fused-ring (bicyclic) bond motifs is 2. The highest BCUT2D eigenvalue weighted by molar-refractivity contribution is 7.99. The van der Waals surface area contributed by atoms with Crippen LogP contribution in [0.25, 0.3) is 12.2 Å². The van der Waals surface area contributed by atoms with Gasteiger partial charge in [0.25, 0.3) is 0 Å². The molecule has 2 heteroatoms. The second-order valence-electron chi connectivity index (χ2n) is 4.28. The van der Waals surface area contributed by atoms with Crippen molar-refractivity contribution in [3.63, 3.8) is 0 Å². The van der Waals surface area contributed by atoms with Crippen molar-refractivity contribution in [2.75, 3.05) is 0 Å². The van der Waals surface area contributed by atoms with Gasteiger partial charge in [-0.1, -0.05) is 48.2 Å². The quantitative estimate of drug-likeness (QED) is 0.592. The number of ketones is 1. The number of hydrogen-bond donors (Lipinski definition) is 0. The van der Waals surface area contributed by atoms with E-state index in [9.17, 15) is 4.79 Å². The number of rotatable bonds is 1. The Morgan fingerprint density at radius 3 is 2.50 bits per heavy atom. The van der Waals surface area contributed by atoms with E-state index in [2.05, 4.69) is 30.4 Å². The Morgan fingerprint density at radius 2 is 1.67 bits per heavy atom. The zero-order valence-electron chi connectivity index (χ0n) is 10.0. The first-order valence-electron chi connectivity index (χ1n) is 5.84. The maximum Gasteiger partial charge on any atom is 0.159 e. The lowest BCUT2D eigenvalue weighted by Crippen LogP contribution is -1.92. The van der Waals surface area contributed by atoms with E-state index in [1.54, 1.807) is 18.7 Å². The van der Waals surface area contributed by atoms with Gasteiger partial charge >= 0.3 is 0 Å². The van der Waals surface area contributed by atoms with Gasteiger partial charge < -0.3 is 0 Å². The number of Topliss-reactive ketones (excluding diaryl/α,β-unsaturated/α-hetero) is 1. The average molecular weight is 252 g/mol. The molecule has 0 radical (unpaired) electrons. The van der Waals surface area contributed by atoms with Crippen molar-refractivity contribution in [1.29, 1.82) is 0 Å². The number of carbonyl (C=O) groups excluding carboxylic acids is 1. The lowest BCUT2D eigenvalue weighted by molar-refractivity contribution is 0.101. The fourth-order valence-electron chi connectivity index (χ4n) is 2.00. The maximum atomic E-state index is 11.4. The van der Waals surface area contributed by atoms with Gasteiger partial charge in [-0.25, -0.2) is 0 Å². The van der Waals surface area contributed by atoms with E-state index in [0.29, 0.717) is 0 Å². The van der Waals surface area contributed by atoms with Gasteiger partial charge in [0.2, 0.25) is 0 Å². The summed E-state index contributed by atoms with van der Waals surface area (Å²) in [5.41, 5.74) is 3.11. The van der Waals surface area contributed by atoms with E-state index < -0.39 is 0 Å². The topological polar surface area (TPSA) is 17.1 Å². The van der Waals surface area contributed by atoms with Gasteiger partial charge in [0.1, 0.15) is 0 Å². The molecule has 0 unspecified atom stereocenters. The van der Waals surface area contributed by atoms with Crippen LogP contribution in [0.2, 0.25) is 0 Å². The summed E-state index contributed by atoms with van der Waals surface area (Å²) in [5.74, 6) is 0.109. The van der Waals surface area contributed by atoms with Crippen LogP contribution in [-0.4, -0.2) is 5.78 Å². The summed E-state index contributed by atoms with van der Waals surface area (Å²) in [6, 6.07) is 14.2. The third-order valence-corrected chi connectivity index (χ3v) is 4.18. The largest absolute Gasteiger partial charge is 0.295 e. The second-order valence-corrected chi connectivity index (χ2v) is 5.37. The summed E-state index contributed by atoms with van der Waals surface area (Å²) in [4.78, 5) is 13.9. The fourth-order valence-corrected chi connectivity index (χ4v) is 3.02. The monoisotopic (exact) mass is 252 g/mol. The van der Waals surface area contributed by atoms with Gasteiger partial charge in [-0.3, -0.25) is 4.79 Å². The van der Waals surface area contributed by atoms with E-state index in [0.717, 1.165) is 11.1 Å². The first-order valence-corrected chi connectivity index (χ1v) is 6.65. The van der Waals surface area contributed by atoms with Crippen molar-refractivity contribution in [3.8, 4) is 0 Å². The first kappa shape index (κ1) is 11.3. The highest BCUT2D eigenvalue weighted by Crippen LogP contribution is 2.37. The van der Waals surface area contributed by atoms with Crippen LogP contribution < -0.4 is 0 Å². The average Bonchev–Trinajstić information content (AvgIpc) is 2.56. The molecule has 0 saturated carbocycles. The van der Waals surface area contributed by atoms with Crippen molar-refractivity contribution in [2.45, 2.75) is 16.7 Å². The third-order valence-electron chi connectivity index (χ3n) is 3.00. The summed E-state index contributed by atoms with van der Waals surface area (Å²) in [7, 11) is 0. The van der Waals surface area contributed by atoms with Crippen LogP contribution in [0.1, 0.15) is 28.4 Å². The molecule has 18 heavy (non-hydrogen) atoms. The Labute approximate surface area is 111 Å². The Balaban J connectivity index is 2.12. The molecule has 1 nitrogen and oxygen atoms in total. The van der Waals surface area contributed by atoms with E-state index >= 15 is 0 Å². The van der Waals surface area contributed by atoms with Gasteiger partial charge in [0.05, 0.1) is 0 Å². The number of benzene rings is 2. The first-order chi connectivity index (χ1) is 8.74. The van der Waals surface area contributed by atoms with E-state index in [1.807, 2.05) is 24.3 Å². The van der Waals surface area contributed by atoms with Crippen LogP contribution in [0.15, 0.2) is 52.3 Å². The minimum absolute atomic E-state index is 0.109. The van der Waals surface area contributed by atoms with Gasteiger partial charge in [0.15, 0.2) is 5.78 Å². The summed E-state index contributed by atoms with van der Waals surface area (Å²) in [6.07, 6.45) is 4.19. The molecule has 2 aromatic carbocycles. The summed E-state index contributed by atoms with van der Waals surface area (Å²) >= 11 is 1.75. The third kappa shape index (κ3) is 2.00. The molecule has 0 N–H and O–H groups in total. The van der Waals surface area contributed by atoms with Crippen molar-refractivity contribution in [2.24, 2.45) is 0 Å². The van der Waals surface area contributed by atoms with E-state index in [-0.39, 0.29) is 5.78 Å². The zero-order chi connectivity index (χ0) is 12.5. The highest BCUT2D eigenvalue weighted by atomic mass is 32.2. The molecule has 0 amide bonds. The van der Waals surface area contributed by atoms with Gasteiger partial charge in [-0.2, -0.15) is 0 Å². The Bertz CT molecular complexity index is 656. The van der Waals surface area contributed by atoms with Crippen LogP contribution >= 0.6 is 11.8 Å². The number of hydrogen-bond acceptors (Lipinski definition) is 2. The molecular formula is C16H12OS. The molecule has 3 rings (SSSR count). The molecule has 0 aliphatic carbocycles. The van der Waals surface area contributed by atoms with Gasteiger partial charge in [-0.15, -0.1) is 0 Å². The SMILES string of the molecule is CC(=O)c1ccc2c(c1)C=Cc1ccccc1S2. The minimum Gasteiger partial charge on any atom is -0.295 e. The van der Waals surface area contributed by atoms with Crippen molar-refractivity contribution >= 4 is 29.7 Å². The Hall–Kier alpha value is -1.80. The van der Waals surface area contributed by atoms with Crippen LogP contribution in [0.5, 0.6) is 0 Å². The Kier molecular flexibility index (Phi) is 2.80. The highest BCUT2D eigenvalue weighted by Gasteiger charge is 2.11. The van der Waals surface area contributed by atoms with Gasteiger partial charge in [-0.05, 0) is 36.2 Å². The van der Waals surface area contributed by atoms with Crippen LogP contribution in [0, 0.1) is 0 Å². The van der Waals surface area contributed by atoms with E-state index in [1.165, 1.54) is 15.4 Å². The molecule has 0 atom stereocenters. The summed E-state index contributed by atoms with van der Waals surface area (Å²) in [6.45, 7) is 1.60. The molecule has 88 valence electrons. The standard InChI is InChI=1S/C16H12OS/c1-11(17)13-8-9-16-14(10-13)7-6-12-4-2-3-5-15(12)18-16/h2-10H,1H3. The zero-order valence-corrected chi connectivity index (χ0v) is 10.8. The normalized spacial score (nSPS) is 12.5. The van der Waals surface area contributed by atoms with Gasteiger partial charge in [0, 0.05) is 15.4 Å². The molecule has 0 aromatic heterocycles. The lowest BCUT2D eigenvalue weighted by Gasteiger charge is -2.06. The van der Waals surface area contributed by atoms with Crippen molar-refractivity contribution in [1.82, 2.24) is 0 Å². The smallest absolute Gasteiger partial charge is 0.159 e. The molecule has 2 aromatic rings. The molecular weight excluding hydrogens is 240 g/mol. The Morgan fingerprint density at radius 1 is 0.944 bits per heavy atom. The molecule has 1 aliphatic rings. The van der Waals surface area contributed by atoms with Crippen molar-refractivity contribution < 1.29 is 4.79 Å². The molecule has 0 saturated heterocycles. The van der Waals surface area contributed by atoms with E-state index in [4.69, 9.17) is 0 Å². The molecule has 0 spiro atoms. The van der Waals surface area contributed by atoms with Crippen molar-refractivity contribution in [3.05, 3.63) is 59.2 Å². The van der Waals surface area contributed by atoms with Crippen LogP contribution in [0.4, 0.5) is 0 Å². The lowest BCUT2D eigenvalue weighted by atomic mass is 10.1. The molecule has 0 bridgehead atoms. The van der Waals surface area contributed by atoms with Crippen LogP contribution in [0.3, 0.4) is 0 Å². The predicted molar refractivity (Wildman–Crippen MR) is 75.9 cm³/mol. The minimum atomic E-state index is 0.109.